The molecule has 4 nitrogen and oxygen atoms in total. The molecule has 1 aromatic carbocycles. The average Bonchev–Trinajstić information content (AvgIpc) is 2.53. The van der Waals surface area contributed by atoms with E-state index in [1.165, 1.54) is 12.8 Å². The molecule has 0 amide bonds. The van der Waals surface area contributed by atoms with Crippen molar-refractivity contribution in [3.63, 3.8) is 0 Å². The normalized spacial score (nSPS) is 20.0. The fourth-order valence-electron chi connectivity index (χ4n) is 2.78. The van der Waals surface area contributed by atoms with Crippen molar-refractivity contribution in [2.45, 2.75) is 45.3 Å². The molecule has 4 heteroatoms. The first-order chi connectivity index (χ1) is 10.3. The summed E-state index contributed by atoms with van der Waals surface area (Å²) >= 11 is 0. The summed E-state index contributed by atoms with van der Waals surface area (Å²) in [5.74, 6) is 1.75. The molecule has 1 aliphatic heterocycles. The predicted molar refractivity (Wildman–Crippen MR) is 84.2 cm³/mol. The van der Waals surface area contributed by atoms with Crippen LogP contribution in [0.25, 0.3) is 0 Å². The van der Waals surface area contributed by atoms with Gasteiger partial charge in [-0.1, -0.05) is 13.0 Å². The summed E-state index contributed by atoms with van der Waals surface area (Å²) in [4.78, 5) is 0. The number of hydrogen-bond donors (Lipinski definition) is 1. The number of hydrogen-bond acceptors (Lipinski definition) is 4. The highest BCUT2D eigenvalue weighted by Gasteiger charge is 2.19. The van der Waals surface area contributed by atoms with E-state index in [1.807, 2.05) is 18.2 Å². The molecule has 1 aliphatic rings. The van der Waals surface area contributed by atoms with Gasteiger partial charge in [-0.3, -0.25) is 0 Å². The molecule has 0 saturated carbocycles. The summed E-state index contributed by atoms with van der Waals surface area (Å²) in [6.07, 6.45) is 3.69. The molecule has 1 heterocycles. The van der Waals surface area contributed by atoms with Crippen molar-refractivity contribution in [1.29, 1.82) is 0 Å². The van der Waals surface area contributed by atoms with E-state index in [4.69, 9.17) is 14.2 Å². The van der Waals surface area contributed by atoms with Crippen molar-refractivity contribution in [2.24, 2.45) is 0 Å². The summed E-state index contributed by atoms with van der Waals surface area (Å²) in [6, 6.07) is 6.15. The van der Waals surface area contributed by atoms with Crippen LogP contribution in [-0.2, 0) is 4.74 Å². The van der Waals surface area contributed by atoms with E-state index in [1.54, 1.807) is 7.11 Å². The zero-order chi connectivity index (χ0) is 15.1. The van der Waals surface area contributed by atoms with Crippen molar-refractivity contribution in [1.82, 2.24) is 5.32 Å². The Morgan fingerprint density at radius 1 is 1.33 bits per heavy atom. The van der Waals surface area contributed by atoms with Gasteiger partial charge in [-0.25, -0.2) is 0 Å². The molecule has 1 N–H and O–H groups in total. The van der Waals surface area contributed by atoms with E-state index in [2.05, 4.69) is 19.2 Å². The van der Waals surface area contributed by atoms with Gasteiger partial charge >= 0.3 is 0 Å². The Balaban J connectivity index is 2.09. The van der Waals surface area contributed by atoms with Crippen molar-refractivity contribution in [3.8, 4) is 11.5 Å². The molecule has 2 rings (SSSR count). The lowest BCUT2D eigenvalue weighted by Crippen LogP contribution is -2.26. The first kappa shape index (κ1) is 16.1. The smallest absolute Gasteiger partial charge is 0.127 e. The van der Waals surface area contributed by atoms with Crippen LogP contribution in [0.15, 0.2) is 18.2 Å². The summed E-state index contributed by atoms with van der Waals surface area (Å²) < 4.78 is 17.3. The maximum Gasteiger partial charge on any atom is 0.127 e. The van der Waals surface area contributed by atoms with Crippen molar-refractivity contribution >= 4 is 0 Å². The van der Waals surface area contributed by atoms with Crippen LogP contribution in [0.3, 0.4) is 0 Å². The van der Waals surface area contributed by atoms with Crippen molar-refractivity contribution < 1.29 is 14.2 Å². The lowest BCUT2D eigenvalue weighted by molar-refractivity contribution is -0.0113. The number of benzene rings is 1. The van der Waals surface area contributed by atoms with Crippen molar-refractivity contribution in [3.05, 3.63) is 23.8 Å². The molecule has 0 spiro atoms. The Labute approximate surface area is 127 Å². The van der Waals surface area contributed by atoms with Crippen LogP contribution in [0.1, 0.15) is 44.7 Å². The minimum Gasteiger partial charge on any atom is -0.496 e. The van der Waals surface area contributed by atoms with Gasteiger partial charge in [0.2, 0.25) is 0 Å². The Bertz CT molecular complexity index is 430. The summed E-state index contributed by atoms with van der Waals surface area (Å²) in [6.45, 7) is 6.60. The third-order valence-electron chi connectivity index (χ3n) is 3.89. The largest absolute Gasteiger partial charge is 0.496 e. The molecular weight excluding hydrogens is 266 g/mol. The number of rotatable bonds is 7. The van der Waals surface area contributed by atoms with E-state index in [0.29, 0.717) is 6.61 Å². The second kappa shape index (κ2) is 8.25. The van der Waals surface area contributed by atoms with E-state index >= 15 is 0 Å². The van der Waals surface area contributed by atoms with Crippen LogP contribution in [0.2, 0.25) is 0 Å². The highest BCUT2D eigenvalue weighted by atomic mass is 16.5. The first-order valence-corrected chi connectivity index (χ1v) is 7.91. The summed E-state index contributed by atoms with van der Waals surface area (Å²) in [5, 5.41) is 3.42. The van der Waals surface area contributed by atoms with Gasteiger partial charge in [0.1, 0.15) is 18.1 Å². The molecule has 1 fully saturated rings. The minimum atomic E-state index is 0.188. The topological polar surface area (TPSA) is 39.7 Å². The Morgan fingerprint density at radius 3 is 2.81 bits per heavy atom. The Morgan fingerprint density at radius 2 is 2.14 bits per heavy atom. The molecule has 0 radical (unpaired) electrons. The van der Waals surface area contributed by atoms with Crippen LogP contribution >= 0.6 is 0 Å². The monoisotopic (exact) mass is 293 g/mol. The predicted octanol–water partition coefficient (Wildman–Crippen LogP) is 3.31. The lowest BCUT2D eigenvalue weighted by Gasteiger charge is -2.25. The lowest BCUT2D eigenvalue weighted by atomic mass is 10.1. The van der Waals surface area contributed by atoms with Gasteiger partial charge in [-0.05, 0) is 44.9 Å². The maximum absolute atomic E-state index is 6.04. The second-order valence-corrected chi connectivity index (χ2v) is 5.45. The quantitative estimate of drug-likeness (QED) is 0.837. The van der Waals surface area contributed by atoms with Crippen LogP contribution < -0.4 is 14.8 Å². The summed E-state index contributed by atoms with van der Waals surface area (Å²) in [5.41, 5.74) is 1.08. The number of nitrogens with one attached hydrogen (secondary N) is 1. The third-order valence-corrected chi connectivity index (χ3v) is 3.89. The second-order valence-electron chi connectivity index (χ2n) is 5.45. The van der Waals surface area contributed by atoms with Gasteiger partial charge in [0.15, 0.2) is 0 Å². The fraction of sp³-hybridized carbons (Fsp3) is 0.647. The van der Waals surface area contributed by atoms with Crippen LogP contribution in [0.5, 0.6) is 11.5 Å². The standard InChI is InChI=1S/C17H27NO3/c1-4-18-13(2)17-15(19-3)9-7-10-16(17)21-12-14-8-5-6-11-20-14/h7,9-10,13-14,18H,4-6,8,11-12H2,1-3H3. The molecule has 0 aromatic heterocycles. The first-order valence-electron chi connectivity index (χ1n) is 7.91. The van der Waals surface area contributed by atoms with Gasteiger partial charge in [0.25, 0.3) is 0 Å². The average molecular weight is 293 g/mol. The molecule has 2 unspecified atom stereocenters. The zero-order valence-corrected chi connectivity index (χ0v) is 13.4. The van der Waals surface area contributed by atoms with E-state index in [9.17, 15) is 0 Å². The molecule has 1 aromatic rings. The van der Waals surface area contributed by atoms with E-state index in [-0.39, 0.29) is 12.1 Å². The van der Waals surface area contributed by atoms with Crippen molar-refractivity contribution in [2.75, 3.05) is 26.9 Å². The van der Waals surface area contributed by atoms with Crippen LogP contribution in [-0.4, -0.2) is 33.0 Å². The molecule has 1 saturated heterocycles. The zero-order valence-electron chi connectivity index (χ0n) is 13.4. The minimum absolute atomic E-state index is 0.188. The summed E-state index contributed by atoms with van der Waals surface area (Å²) in [7, 11) is 1.70. The number of ether oxygens (including phenoxy) is 3. The number of methoxy groups -OCH3 is 1. The highest BCUT2D eigenvalue weighted by molar-refractivity contribution is 5.46. The highest BCUT2D eigenvalue weighted by Crippen LogP contribution is 2.34. The van der Waals surface area contributed by atoms with Gasteiger partial charge in [-0.15, -0.1) is 0 Å². The SMILES string of the molecule is CCNC(C)c1c(OC)cccc1OCC1CCCCO1. The molecular formula is C17H27NO3. The fourth-order valence-corrected chi connectivity index (χ4v) is 2.78. The van der Waals surface area contributed by atoms with Gasteiger partial charge in [0.05, 0.1) is 18.8 Å². The van der Waals surface area contributed by atoms with Gasteiger partial charge < -0.3 is 19.5 Å². The van der Waals surface area contributed by atoms with Gasteiger partial charge in [0, 0.05) is 12.6 Å². The van der Waals surface area contributed by atoms with E-state index in [0.717, 1.165) is 36.6 Å². The van der Waals surface area contributed by atoms with Gasteiger partial charge in [-0.2, -0.15) is 0 Å². The van der Waals surface area contributed by atoms with E-state index < -0.39 is 0 Å². The molecule has 0 aliphatic carbocycles. The Hall–Kier alpha value is -1.26. The van der Waals surface area contributed by atoms with Crippen LogP contribution in [0, 0.1) is 0 Å². The Kier molecular flexibility index (Phi) is 6.33. The van der Waals surface area contributed by atoms with Crippen LogP contribution in [0.4, 0.5) is 0 Å². The molecule has 2 atom stereocenters. The molecule has 118 valence electrons. The molecule has 21 heavy (non-hydrogen) atoms. The molecule has 0 bridgehead atoms. The third kappa shape index (κ3) is 4.35. The maximum atomic E-state index is 6.04.